The largest absolute Gasteiger partial charge is 0.399 e. The smallest absolute Gasteiger partial charge is 0.0314 e. The summed E-state index contributed by atoms with van der Waals surface area (Å²) in [5.74, 6) is 1.05. The summed E-state index contributed by atoms with van der Waals surface area (Å²) in [6.07, 6.45) is 0. The first-order chi connectivity index (χ1) is 9.04. The van der Waals surface area contributed by atoms with Crippen molar-refractivity contribution < 1.29 is 0 Å². The fraction of sp³-hybridized carbons (Fsp3) is 0.294. The van der Waals surface area contributed by atoms with Crippen LogP contribution in [0.25, 0.3) is 0 Å². The predicted molar refractivity (Wildman–Crippen MR) is 86.5 cm³/mol. The van der Waals surface area contributed by atoms with Gasteiger partial charge >= 0.3 is 0 Å². The molecule has 2 aromatic rings. The number of anilines is 1. The van der Waals surface area contributed by atoms with E-state index in [0.717, 1.165) is 11.4 Å². The fourth-order valence-electron chi connectivity index (χ4n) is 2.24. The molecule has 0 aromatic heterocycles. The van der Waals surface area contributed by atoms with E-state index < -0.39 is 0 Å². The van der Waals surface area contributed by atoms with E-state index in [2.05, 4.69) is 51.1 Å². The molecular formula is C17H21NS. The lowest BCUT2D eigenvalue weighted by Gasteiger charge is -2.12. The second kappa shape index (κ2) is 6.16. The van der Waals surface area contributed by atoms with Gasteiger partial charge in [-0.3, -0.25) is 0 Å². The molecule has 0 amide bonds. The van der Waals surface area contributed by atoms with E-state index in [0.29, 0.717) is 5.25 Å². The average Bonchev–Trinajstić information content (AvgIpc) is 2.36. The molecule has 100 valence electrons. The standard InChI is InChI=1S/C17H21NS/c1-12-8-13(2)10-15(9-12)11-19-14(3)16-4-6-17(18)7-5-16/h4-10,14H,11,18H2,1-3H3. The first-order valence-electron chi connectivity index (χ1n) is 6.59. The molecule has 0 heterocycles. The zero-order valence-corrected chi connectivity index (χ0v) is 12.6. The molecule has 0 spiro atoms. The monoisotopic (exact) mass is 271 g/mol. The van der Waals surface area contributed by atoms with E-state index in [1.165, 1.54) is 22.3 Å². The van der Waals surface area contributed by atoms with Gasteiger partial charge in [0.15, 0.2) is 0 Å². The van der Waals surface area contributed by atoms with Crippen LogP contribution in [0.15, 0.2) is 42.5 Å². The molecule has 2 rings (SSSR count). The summed E-state index contributed by atoms with van der Waals surface area (Å²) in [5, 5.41) is 0.487. The zero-order valence-electron chi connectivity index (χ0n) is 11.8. The topological polar surface area (TPSA) is 26.0 Å². The highest BCUT2D eigenvalue weighted by Gasteiger charge is 2.06. The quantitative estimate of drug-likeness (QED) is 0.802. The van der Waals surface area contributed by atoms with Gasteiger partial charge in [0.05, 0.1) is 0 Å². The van der Waals surface area contributed by atoms with Crippen LogP contribution >= 0.6 is 11.8 Å². The lowest BCUT2D eigenvalue weighted by Crippen LogP contribution is -1.92. The third-order valence-corrected chi connectivity index (χ3v) is 4.46. The van der Waals surface area contributed by atoms with Crippen molar-refractivity contribution in [3.8, 4) is 0 Å². The average molecular weight is 271 g/mol. The van der Waals surface area contributed by atoms with Crippen LogP contribution in [0.3, 0.4) is 0 Å². The molecule has 0 aliphatic heterocycles. The number of thioether (sulfide) groups is 1. The summed E-state index contributed by atoms with van der Waals surface area (Å²) in [4.78, 5) is 0. The van der Waals surface area contributed by atoms with Crippen LogP contribution in [0.4, 0.5) is 5.69 Å². The Hall–Kier alpha value is -1.41. The van der Waals surface area contributed by atoms with Crippen molar-refractivity contribution in [2.75, 3.05) is 5.73 Å². The van der Waals surface area contributed by atoms with E-state index in [1.807, 2.05) is 23.9 Å². The fourth-order valence-corrected chi connectivity index (χ4v) is 3.20. The number of nitrogens with two attached hydrogens (primary N) is 1. The summed E-state index contributed by atoms with van der Waals surface area (Å²) in [6, 6.07) is 15.0. The summed E-state index contributed by atoms with van der Waals surface area (Å²) >= 11 is 1.97. The molecule has 0 aliphatic rings. The highest BCUT2D eigenvalue weighted by atomic mass is 32.2. The molecule has 2 N–H and O–H groups in total. The van der Waals surface area contributed by atoms with Crippen molar-refractivity contribution in [3.05, 3.63) is 64.7 Å². The van der Waals surface area contributed by atoms with Crippen molar-refractivity contribution in [1.29, 1.82) is 0 Å². The summed E-state index contributed by atoms with van der Waals surface area (Å²) in [6.45, 7) is 6.56. The third kappa shape index (κ3) is 4.03. The van der Waals surface area contributed by atoms with E-state index in [4.69, 9.17) is 5.73 Å². The molecule has 19 heavy (non-hydrogen) atoms. The van der Waals surface area contributed by atoms with Crippen LogP contribution in [-0.2, 0) is 5.75 Å². The number of hydrogen-bond acceptors (Lipinski definition) is 2. The molecule has 0 saturated heterocycles. The Morgan fingerprint density at radius 1 is 1.00 bits per heavy atom. The molecule has 1 atom stereocenters. The number of benzene rings is 2. The van der Waals surface area contributed by atoms with Gasteiger partial charge in [-0.15, -0.1) is 11.8 Å². The molecule has 2 heteroatoms. The van der Waals surface area contributed by atoms with Gasteiger partial charge in [0.25, 0.3) is 0 Å². The van der Waals surface area contributed by atoms with E-state index in [9.17, 15) is 0 Å². The number of hydrogen-bond donors (Lipinski definition) is 1. The summed E-state index contributed by atoms with van der Waals surface area (Å²) in [7, 11) is 0. The van der Waals surface area contributed by atoms with Gasteiger partial charge in [-0.2, -0.15) is 0 Å². The Balaban J connectivity index is 1.99. The van der Waals surface area contributed by atoms with E-state index in [-0.39, 0.29) is 0 Å². The van der Waals surface area contributed by atoms with Crippen LogP contribution in [0.1, 0.15) is 34.4 Å². The van der Waals surface area contributed by atoms with Crippen LogP contribution < -0.4 is 5.73 Å². The molecular weight excluding hydrogens is 250 g/mol. The van der Waals surface area contributed by atoms with Crippen LogP contribution in [-0.4, -0.2) is 0 Å². The minimum absolute atomic E-state index is 0.487. The number of aryl methyl sites for hydroxylation is 2. The Labute approximate surface area is 120 Å². The molecule has 2 aromatic carbocycles. The maximum absolute atomic E-state index is 5.72. The lowest BCUT2D eigenvalue weighted by molar-refractivity contribution is 1.09. The SMILES string of the molecule is Cc1cc(C)cc(CSC(C)c2ccc(N)cc2)c1. The van der Waals surface area contributed by atoms with Crippen LogP contribution in [0, 0.1) is 13.8 Å². The zero-order chi connectivity index (χ0) is 13.8. The van der Waals surface area contributed by atoms with Gasteiger partial charge in [-0.25, -0.2) is 0 Å². The van der Waals surface area contributed by atoms with E-state index in [1.54, 1.807) is 0 Å². The molecule has 0 saturated carbocycles. The van der Waals surface area contributed by atoms with Crippen molar-refractivity contribution in [3.63, 3.8) is 0 Å². The van der Waals surface area contributed by atoms with Crippen molar-refractivity contribution >= 4 is 17.4 Å². The van der Waals surface area contributed by atoms with Crippen molar-refractivity contribution in [1.82, 2.24) is 0 Å². The summed E-state index contributed by atoms with van der Waals surface area (Å²) < 4.78 is 0. The number of rotatable bonds is 4. The molecule has 0 bridgehead atoms. The Morgan fingerprint density at radius 2 is 1.58 bits per heavy atom. The lowest BCUT2D eigenvalue weighted by atomic mass is 10.1. The van der Waals surface area contributed by atoms with Crippen molar-refractivity contribution in [2.24, 2.45) is 0 Å². The maximum atomic E-state index is 5.72. The Kier molecular flexibility index (Phi) is 4.54. The molecule has 0 aliphatic carbocycles. The van der Waals surface area contributed by atoms with Crippen LogP contribution in [0.5, 0.6) is 0 Å². The van der Waals surface area contributed by atoms with Crippen LogP contribution in [0.2, 0.25) is 0 Å². The van der Waals surface area contributed by atoms with Gasteiger partial charge < -0.3 is 5.73 Å². The highest BCUT2D eigenvalue weighted by Crippen LogP contribution is 2.31. The highest BCUT2D eigenvalue weighted by molar-refractivity contribution is 7.98. The molecule has 0 fully saturated rings. The third-order valence-electron chi connectivity index (χ3n) is 3.19. The van der Waals surface area contributed by atoms with Gasteiger partial charge in [0, 0.05) is 16.7 Å². The van der Waals surface area contributed by atoms with Gasteiger partial charge in [0.1, 0.15) is 0 Å². The first-order valence-corrected chi connectivity index (χ1v) is 7.63. The predicted octanol–water partition coefficient (Wildman–Crippen LogP) is 4.88. The van der Waals surface area contributed by atoms with Gasteiger partial charge in [-0.1, -0.05) is 41.5 Å². The minimum atomic E-state index is 0.487. The van der Waals surface area contributed by atoms with E-state index >= 15 is 0 Å². The van der Waals surface area contributed by atoms with Gasteiger partial charge in [0.2, 0.25) is 0 Å². The minimum Gasteiger partial charge on any atom is -0.399 e. The molecule has 1 unspecified atom stereocenters. The second-order valence-electron chi connectivity index (χ2n) is 5.12. The second-order valence-corrected chi connectivity index (χ2v) is 6.44. The maximum Gasteiger partial charge on any atom is 0.0314 e. The Morgan fingerprint density at radius 3 is 2.16 bits per heavy atom. The molecule has 1 nitrogen and oxygen atoms in total. The first kappa shape index (κ1) is 14.0. The summed E-state index contributed by atoms with van der Waals surface area (Å²) in [5.41, 5.74) is 12.0. The molecule has 0 radical (unpaired) electrons. The number of nitrogen functional groups attached to an aromatic ring is 1. The Bertz CT molecular complexity index is 525. The normalized spacial score (nSPS) is 12.4. The van der Waals surface area contributed by atoms with Gasteiger partial charge in [-0.05, 0) is 44.0 Å². The van der Waals surface area contributed by atoms with Crippen molar-refractivity contribution in [2.45, 2.75) is 31.8 Å².